The molecule has 0 bridgehead atoms. The molecule has 0 aliphatic carbocycles. The van der Waals surface area contributed by atoms with Gasteiger partial charge in [0.1, 0.15) is 0 Å². The SMILES string of the molecule is CNCCc1cc(OC)ncc1Br. The summed E-state index contributed by atoms with van der Waals surface area (Å²) in [4.78, 5) is 4.08. The number of halogens is 1. The highest BCUT2D eigenvalue weighted by atomic mass is 79.9. The van der Waals surface area contributed by atoms with Gasteiger partial charge in [0.25, 0.3) is 0 Å². The normalized spacial score (nSPS) is 10.1. The van der Waals surface area contributed by atoms with E-state index in [0.717, 1.165) is 17.4 Å². The minimum atomic E-state index is 0.661. The first-order valence-electron chi connectivity index (χ1n) is 4.11. The zero-order valence-corrected chi connectivity index (χ0v) is 9.39. The first-order chi connectivity index (χ1) is 6.27. The Kier molecular flexibility index (Phi) is 4.18. The van der Waals surface area contributed by atoms with Crippen LogP contribution in [0.4, 0.5) is 0 Å². The Morgan fingerprint density at radius 2 is 2.38 bits per heavy atom. The maximum absolute atomic E-state index is 5.04. The van der Waals surface area contributed by atoms with E-state index in [1.54, 1.807) is 13.3 Å². The molecule has 1 N–H and O–H groups in total. The van der Waals surface area contributed by atoms with E-state index in [-0.39, 0.29) is 0 Å². The third-order valence-electron chi connectivity index (χ3n) is 1.76. The molecule has 1 heterocycles. The zero-order valence-electron chi connectivity index (χ0n) is 7.80. The van der Waals surface area contributed by atoms with Crippen LogP contribution in [0.1, 0.15) is 5.56 Å². The van der Waals surface area contributed by atoms with Crippen LogP contribution in [0, 0.1) is 0 Å². The fraction of sp³-hybridized carbons (Fsp3) is 0.444. The highest BCUT2D eigenvalue weighted by molar-refractivity contribution is 9.10. The predicted octanol–water partition coefficient (Wildman–Crippen LogP) is 1.61. The van der Waals surface area contributed by atoms with Crippen molar-refractivity contribution in [3.63, 3.8) is 0 Å². The van der Waals surface area contributed by atoms with Crippen molar-refractivity contribution in [3.8, 4) is 5.88 Å². The Hall–Kier alpha value is -0.610. The fourth-order valence-corrected chi connectivity index (χ4v) is 1.44. The number of aromatic nitrogens is 1. The Bertz CT molecular complexity index is 278. The van der Waals surface area contributed by atoms with Gasteiger partial charge in [-0.2, -0.15) is 0 Å². The molecule has 0 spiro atoms. The van der Waals surface area contributed by atoms with Gasteiger partial charge >= 0.3 is 0 Å². The predicted molar refractivity (Wildman–Crippen MR) is 56.1 cm³/mol. The minimum absolute atomic E-state index is 0.661. The molecule has 72 valence electrons. The summed E-state index contributed by atoms with van der Waals surface area (Å²) in [7, 11) is 3.56. The van der Waals surface area contributed by atoms with E-state index in [9.17, 15) is 0 Å². The van der Waals surface area contributed by atoms with Gasteiger partial charge in [-0.25, -0.2) is 4.98 Å². The van der Waals surface area contributed by atoms with Crippen LogP contribution < -0.4 is 10.1 Å². The van der Waals surface area contributed by atoms with Crippen molar-refractivity contribution in [2.24, 2.45) is 0 Å². The molecule has 1 rings (SSSR count). The molecule has 1 aromatic heterocycles. The third kappa shape index (κ3) is 2.97. The van der Waals surface area contributed by atoms with Crippen molar-refractivity contribution in [2.45, 2.75) is 6.42 Å². The maximum Gasteiger partial charge on any atom is 0.213 e. The summed E-state index contributed by atoms with van der Waals surface area (Å²) in [6, 6.07) is 1.95. The lowest BCUT2D eigenvalue weighted by molar-refractivity contribution is 0.397. The van der Waals surface area contributed by atoms with Crippen molar-refractivity contribution < 1.29 is 4.74 Å². The summed E-state index contributed by atoms with van der Waals surface area (Å²) < 4.78 is 6.07. The Balaban J connectivity index is 2.78. The molecule has 0 saturated heterocycles. The fourth-order valence-electron chi connectivity index (χ4n) is 1.02. The van der Waals surface area contributed by atoms with Crippen molar-refractivity contribution >= 4 is 15.9 Å². The lowest BCUT2D eigenvalue weighted by Crippen LogP contribution is -2.10. The Labute approximate surface area is 86.6 Å². The van der Waals surface area contributed by atoms with Crippen molar-refractivity contribution in [1.29, 1.82) is 0 Å². The van der Waals surface area contributed by atoms with Gasteiger partial charge in [0.15, 0.2) is 0 Å². The maximum atomic E-state index is 5.04. The highest BCUT2D eigenvalue weighted by Gasteiger charge is 2.02. The Morgan fingerprint density at radius 3 is 3.00 bits per heavy atom. The number of nitrogens with one attached hydrogen (secondary N) is 1. The average molecular weight is 245 g/mol. The second-order valence-corrected chi connectivity index (χ2v) is 3.53. The molecule has 13 heavy (non-hydrogen) atoms. The highest BCUT2D eigenvalue weighted by Crippen LogP contribution is 2.19. The smallest absolute Gasteiger partial charge is 0.213 e. The lowest BCUT2D eigenvalue weighted by Gasteiger charge is -2.05. The van der Waals surface area contributed by atoms with E-state index in [1.807, 2.05) is 13.1 Å². The van der Waals surface area contributed by atoms with Gasteiger partial charge in [-0.05, 0) is 41.5 Å². The van der Waals surface area contributed by atoms with Crippen LogP contribution in [0.25, 0.3) is 0 Å². The van der Waals surface area contributed by atoms with Crippen LogP contribution >= 0.6 is 15.9 Å². The standard InChI is InChI=1S/C9H13BrN2O/c1-11-4-3-7-5-9(13-2)12-6-8(7)10/h5-6,11H,3-4H2,1-2H3. The van der Waals surface area contributed by atoms with Crippen LogP contribution in [0.15, 0.2) is 16.7 Å². The lowest BCUT2D eigenvalue weighted by atomic mass is 10.2. The number of hydrogen-bond donors (Lipinski definition) is 1. The summed E-state index contributed by atoms with van der Waals surface area (Å²) >= 11 is 3.44. The van der Waals surface area contributed by atoms with Crippen molar-refractivity contribution in [2.75, 3.05) is 20.7 Å². The number of nitrogens with zero attached hydrogens (tertiary/aromatic N) is 1. The van der Waals surface area contributed by atoms with Crippen LogP contribution in [0.5, 0.6) is 5.88 Å². The first-order valence-corrected chi connectivity index (χ1v) is 4.90. The molecule has 1 aromatic rings. The zero-order chi connectivity index (χ0) is 9.68. The average Bonchev–Trinajstić information content (AvgIpc) is 2.17. The van der Waals surface area contributed by atoms with E-state index in [4.69, 9.17) is 4.74 Å². The second kappa shape index (κ2) is 5.19. The number of rotatable bonds is 4. The molecular formula is C9H13BrN2O. The molecule has 0 radical (unpaired) electrons. The van der Waals surface area contributed by atoms with Gasteiger partial charge in [-0.3, -0.25) is 0 Å². The van der Waals surface area contributed by atoms with Gasteiger partial charge in [0.05, 0.1) is 7.11 Å². The van der Waals surface area contributed by atoms with E-state index >= 15 is 0 Å². The van der Waals surface area contributed by atoms with Crippen molar-refractivity contribution in [1.82, 2.24) is 10.3 Å². The van der Waals surface area contributed by atoms with Crippen molar-refractivity contribution in [3.05, 3.63) is 22.3 Å². The number of ether oxygens (including phenoxy) is 1. The first kappa shape index (κ1) is 10.5. The summed E-state index contributed by atoms with van der Waals surface area (Å²) in [5.41, 5.74) is 1.21. The van der Waals surface area contributed by atoms with Crippen LogP contribution in [0.3, 0.4) is 0 Å². The van der Waals surface area contributed by atoms with Crippen LogP contribution in [-0.4, -0.2) is 25.7 Å². The van der Waals surface area contributed by atoms with E-state index < -0.39 is 0 Å². The van der Waals surface area contributed by atoms with Gasteiger partial charge in [0.2, 0.25) is 5.88 Å². The van der Waals surface area contributed by atoms with Crippen LogP contribution in [0.2, 0.25) is 0 Å². The third-order valence-corrected chi connectivity index (χ3v) is 2.48. The molecule has 0 aliphatic rings. The molecule has 3 nitrogen and oxygen atoms in total. The molecule has 0 fully saturated rings. The molecule has 0 unspecified atom stereocenters. The summed E-state index contributed by atoms with van der Waals surface area (Å²) in [6.45, 7) is 0.950. The molecule has 4 heteroatoms. The van der Waals surface area contributed by atoms with E-state index in [2.05, 4.69) is 26.2 Å². The molecule has 0 aromatic carbocycles. The molecular weight excluding hydrogens is 232 g/mol. The summed E-state index contributed by atoms with van der Waals surface area (Å²) in [5, 5.41) is 3.10. The van der Waals surface area contributed by atoms with E-state index in [0.29, 0.717) is 5.88 Å². The van der Waals surface area contributed by atoms with Gasteiger partial charge in [0, 0.05) is 16.7 Å². The molecule has 0 aliphatic heterocycles. The van der Waals surface area contributed by atoms with Gasteiger partial charge in [-0.15, -0.1) is 0 Å². The molecule has 0 saturated carbocycles. The number of likely N-dealkylation sites (N-methyl/N-ethyl adjacent to an activating group) is 1. The number of methoxy groups -OCH3 is 1. The van der Waals surface area contributed by atoms with E-state index in [1.165, 1.54) is 5.56 Å². The minimum Gasteiger partial charge on any atom is -0.481 e. The number of hydrogen-bond acceptors (Lipinski definition) is 3. The number of pyridine rings is 1. The molecule has 0 amide bonds. The quantitative estimate of drug-likeness (QED) is 0.875. The second-order valence-electron chi connectivity index (χ2n) is 2.67. The van der Waals surface area contributed by atoms with Crippen LogP contribution in [-0.2, 0) is 6.42 Å². The topological polar surface area (TPSA) is 34.1 Å². The van der Waals surface area contributed by atoms with Gasteiger partial charge in [-0.1, -0.05) is 0 Å². The largest absolute Gasteiger partial charge is 0.481 e. The Morgan fingerprint density at radius 1 is 1.62 bits per heavy atom. The molecule has 0 atom stereocenters. The van der Waals surface area contributed by atoms with Gasteiger partial charge < -0.3 is 10.1 Å². The monoisotopic (exact) mass is 244 g/mol. The summed E-state index contributed by atoms with van der Waals surface area (Å²) in [5.74, 6) is 0.661. The summed E-state index contributed by atoms with van der Waals surface area (Å²) in [6.07, 6.45) is 2.74.